The minimum Gasteiger partial charge on any atom is -0.384 e. The van der Waals surface area contributed by atoms with Crippen LogP contribution in [0.25, 0.3) is 0 Å². The van der Waals surface area contributed by atoms with Gasteiger partial charge in [0.05, 0.1) is 12.5 Å². The van der Waals surface area contributed by atoms with E-state index in [0.29, 0.717) is 37.7 Å². The lowest BCUT2D eigenvalue weighted by molar-refractivity contribution is -0.134. The van der Waals surface area contributed by atoms with Crippen LogP contribution in [0.1, 0.15) is 42.5 Å². The Morgan fingerprint density at radius 1 is 1.28 bits per heavy atom. The first-order valence-electron chi connectivity index (χ1n) is 8.89. The summed E-state index contributed by atoms with van der Waals surface area (Å²) in [5, 5.41) is 4.01. The van der Waals surface area contributed by atoms with Crippen molar-refractivity contribution < 1.29 is 14.1 Å². The van der Waals surface area contributed by atoms with Crippen molar-refractivity contribution in [1.29, 1.82) is 0 Å². The quantitative estimate of drug-likeness (QED) is 0.737. The minimum absolute atomic E-state index is 0.137. The highest BCUT2D eigenvalue weighted by molar-refractivity contribution is 5.77. The van der Waals surface area contributed by atoms with Crippen LogP contribution in [0.2, 0.25) is 0 Å². The van der Waals surface area contributed by atoms with Crippen LogP contribution in [0, 0.1) is 0 Å². The Morgan fingerprint density at radius 3 is 2.92 bits per heavy atom. The lowest BCUT2D eigenvalue weighted by Crippen LogP contribution is -2.39. The van der Waals surface area contributed by atoms with Crippen molar-refractivity contribution in [2.75, 3.05) is 26.8 Å². The molecule has 6 heteroatoms. The van der Waals surface area contributed by atoms with Crippen molar-refractivity contribution in [2.24, 2.45) is 0 Å². The van der Waals surface area contributed by atoms with E-state index in [2.05, 4.69) is 22.3 Å². The number of piperidine rings is 1. The number of hydrogen-bond donors (Lipinski definition) is 0. The fraction of sp³-hybridized carbons (Fsp3) is 0.526. The molecule has 0 saturated carbocycles. The summed E-state index contributed by atoms with van der Waals surface area (Å²) < 4.78 is 10.4. The number of carbonyl (C=O) groups excluding carboxylic acids is 1. The van der Waals surface area contributed by atoms with Gasteiger partial charge in [-0.1, -0.05) is 35.5 Å². The number of aromatic nitrogens is 2. The largest absolute Gasteiger partial charge is 0.384 e. The molecule has 1 aliphatic rings. The molecule has 1 aliphatic heterocycles. The Bertz CT molecular complexity index is 672. The summed E-state index contributed by atoms with van der Waals surface area (Å²) in [6.07, 6.45) is 3.92. The SMILES string of the molecule is COCCc1noc([C@@H]2CCC(=O)N(CCCc3ccccc3)C2)n1. The standard InChI is InChI=1S/C19H25N3O3/c1-24-13-11-17-20-19(25-21-17)16-9-10-18(23)22(14-16)12-5-8-15-6-3-2-4-7-15/h2-4,6-7,16H,5,8-14H2,1H3/t16-/m1/s1. The summed E-state index contributed by atoms with van der Waals surface area (Å²) in [7, 11) is 1.65. The van der Waals surface area contributed by atoms with E-state index in [1.165, 1.54) is 5.56 Å². The van der Waals surface area contributed by atoms with Crippen molar-refractivity contribution >= 4 is 5.91 Å². The number of nitrogens with zero attached hydrogens (tertiary/aromatic N) is 3. The van der Waals surface area contributed by atoms with E-state index in [0.717, 1.165) is 25.8 Å². The van der Waals surface area contributed by atoms with Crippen LogP contribution in [0.5, 0.6) is 0 Å². The molecule has 2 heterocycles. The van der Waals surface area contributed by atoms with E-state index in [-0.39, 0.29) is 11.8 Å². The van der Waals surface area contributed by atoms with Gasteiger partial charge in [-0.25, -0.2) is 0 Å². The molecule has 1 aromatic carbocycles. The number of aryl methyl sites for hydroxylation is 1. The van der Waals surface area contributed by atoms with Crippen molar-refractivity contribution in [3.05, 3.63) is 47.6 Å². The summed E-state index contributed by atoms with van der Waals surface area (Å²) >= 11 is 0. The molecule has 1 amide bonds. The highest BCUT2D eigenvalue weighted by Crippen LogP contribution is 2.26. The summed E-state index contributed by atoms with van der Waals surface area (Å²) in [6, 6.07) is 10.4. The van der Waals surface area contributed by atoms with Gasteiger partial charge in [-0.2, -0.15) is 4.98 Å². The lowest BCUT2D eigenvalue weighted by Gasteiger charge is -2.31. The number of likely N-dealkylation sites (tertiary alicyclic amines) is 1. The van der Waals surface area contributed by atoms with Gasteiger partial charge in [-0.15, -0.1) is 0 Å². The average molecular weight is 343 g/mol. The van der Waals surface area contributed by atoms with E-state index in [1.807, 2.05) is 23.1 Å². The fourth-order valence-corrected chi connectivity index (χ4v) is 3.18. The Morgan fingerprint density at radius 2 is 2.12 bits per heavy atom. The number of amides is 1. The van der Waals surface area contributed by atoms with Crippen LogP contribution in [-0.2, 0) is 22.4 Å². The number of methoxy groups -OCH3 is 1. The Kier molecular flexibility index (Phi) is 6.17. The second kappa shape index (κ2) is 8.76. The average Bonchev–Trinajstić information content (AvgIpc) is 3.11. The first kappa shape index (κ1) is 17.6. The second-order valence-electron chi connectivity index (χ2n) is 6.46. The van der Waals surface area contributed by atoms with Crippen molar-refractivity contribution in [3.8, 4) is 0 Å². The van der Waals surface area contributed by atoms with Crippen molar-refractivity contribution in [3.63, 3.8) is 0 Å². The maximum Gasteiger partial charge on any atom is 0.231 e. The molecule has 0 aliphatic carbocycles. The maximum atomic E-state index is 12.2. The fourth-order valence-electron chi connectivity index (χ4n) is 3.18. The Labute approximate surface area is 148 Å². The number of hydrogen-bond acceptors (Lipinski definition) is 5. The molecule has 0 N–H and O–H groups in total. The normalized spacial score (nSPS) is 17.9. The Balaban J connectivity index is 1.52. The number of benzene rings is 1. The van der Waals surface area contributed by atoms with Gasteiger partial charge in [0, 0.05) is 33.0 Å². The molecule has 1 atom stereocenters. The van der Waals surface area contributed by atoms with Crippen LogP contribution in [0.15, 0.2) is 34.9 Å². The third-order valence-corrected chi connectivity index (χ3v) is 4.60. The summed E-state index contributed by atoms with van der Waals surface area (Å²) in [4.78, 5) is 18.6. The van der Waals surface area contributed by atoms with Gasteiger partial charge in [-0.3, -0.25) is 4.79 Å². The van der Waals surface area contributed by atoms with Crippen molar-refractivity contribution in [1.82, 2.24) is 15.0 Å². The molecule has 1 fully saturated rings. The lowest BCUT2D eigenvalue weighted by atomic mass is 9.97. The van der Waals surface area contributed by atoms with Crippen LogP contribution in [-0.4, -0.2) is 47.8 Å². The van der Waals surface area contributed by atoms with Gasteiger partial charge in [0.2, 0.25) is 11.8 Å². The van der Waals surface area contributed by atoms with E-state index in [4.69, 9.17) is 9.26 Å². The zero-order valence-corrected chi connectivity index (χ0v) is 14.7. The van der Waals surface area contributed by atoms with E-state index in [1.54, 1.807) is 7.11 Å². The van der Waals surface area contributed by atoms with Gasteiger partial charge in [0.15, 0.2) is 5.82 Å². The van der Waals surface area contributed by atoms with Gasteiger partial charge in [0.1, 0.15) is 0 Å². The van der Waals surface area contributed by atoms with E-state index in [9.17, 15) is 4.79 Å². The predicted octanol–water partition coefficient (Wildman–Crippen LogP) is 2.60. The maximum absolute atomic E-state index is 12.2. The van der Waals surface area contributed by atoms with Crippen LogP contribution in [0.3, 0.4) is 0 Å². The highest BCUT2D eigenvalue weighted by Gasteiger charge is 2.29. The van der Waals surface area contributed by atoms with E-state index >= 15 is 0 Å². The number of carbonyl (C=O) groups is 1. The minimum atomic E-state index is 0.137. The molecule has 25 heavy (non-hydrogen) atoms. The number of rotatable bonds is 8. The molecule has 134 valence electrons. The smallest absolute Gasteiger partial charge is 0.231 e. The number of ether oxygens (including phenoxy) is 1. The van der Waals surface area contributed by atoms with Crippen LogP contribution in [0.4, 0.5) is 0 Å². The highest BCUT2D eigenvalue weighted by atomic mass is 16.5. The topological polar surface area (TPSA) is 68.5 Å². The molecule has 0 radical (unpaired) electrons. The first-order valence-corrected chi connectivity index (χ1v) is 8.89. The predicted molar refractivity (Wildman–Crippen MR) is 93.2 cm³/mol. The van der Waals surface area contributed by atoms with Crippen LogP contribution >= 0.6 is 0 Å². The Hall–Kier alpha value is -2.21. The monoisotopic (exact) mass is 343 g/mol. The summed E-state index contributed by atoms with van der Waals surface area (Å²) in [5.74, 6) is 1.68. The van der Waals surface area contributed by atoms with Gasteiger partial charge in [0.25, 0.3) is 0 Å². The first-order chi connectivity index (χ1) is 12.3. The summed E-state index contributed by atoms with van der Waals surface area (Å²) in [6.45, 7) is 2.02. The third kappa shape index (κ3) is 4.89. The summed E-state index contributed by atoms with van der Waals surface area (Å²) in [5.41, 5.74) is 1.31. The van der Waals surface area contributed by atoms with Gasteiger partial charge < -0.3 is 14.2 Å². The third-order valence-electron chi connectivity index (χ3n) is 4.60. The second-order valence-corrected chi connectivity index (χ2v) is 6.46. The van der Waals surface area contributed by atoms with Crippen LogP contribution < -0.4 is 0 Å². The molecule has 0 spiro atoms. The molecule has 3 rings (SSSR count). The van der Waals surface area contributed by atoms with Crippen molar-refractivity contribution in [2.45, 2.75) is 38.0 Å². The molecule has 6 nitrogen and oxygen atoms in total. The molecular weight excluding hydrogens is 318 g/mol. The molecule has 0 bridgehead atoms. The molecule has 1 aromatic heterocycles. The van der Waals surface area contributed by atoms with Gasteiger partial charge >= 0.3 is 0 Å². The molecular formula is C19H25N3O3. The van der Waals surface area contributed by atoms with Gasteiger partial charge in [-0.05, 0) is 24.8 Å². The zero-order valence-electron chi connectivity index (χ0n) is 14.7. The molecule has 2 aromatic rings. The zero-order chi connectivity index (χ0) is 17.5. The van der Waals surface area contributed by atoms with E-state index < -0.39 is 0 Å². The molecule has 0 unspecified atom stereocenters. The molecule has 1 saturated heterocycles.